The van der Waals surface area contributed by atoms with E-state index in [1.165, 1.54) is 0 Å². The van der Waals surface area contributed by atoms with E-state index < -0.39 is 23.4 Å². The third kappa shape index (κ3) is 4.41. The number of hydrazine groups is 1. The molecule has 0 aliphatic carbocycles. The predicted octanol–water partition coefficient (Wildman–Crippen LogP) is 1.24. The van der Waals surface area contributed by atoms with Crippen LogP contribution in [0.2, 0.25) is 5.02 Å². The summed E-state index contributed by atoms with van der Waals surface area (Å²) in [4.78, 5) is 38.8. The summed E-state index contributed by atoms with van der Waals surface area (Å²) in [6, 6.07) is 15.8. The number of carbonyl (C=O) groups excluding carboxylic acids is 3. The minimum atomic E-state index is -1.18. The number of benzene rings is 2. The first-order valence-electron chi connectivity index (χ1n) is 9.43. The summed E-state index contributed by atoms with van der Waals surface area (Å²) in [5, 5.41) is 4.16. The highest BCUT2D eigenvalue weighted by molar-refractivity contribution is 6.30. The molecule has 1 aliphatic heterocycles. The second kappa shape index (κ2) is 8.63. The highest BCUT2D eigenvalue weighted by Gasteiger charge is 2.52. The highest BCUT2D eigenvalue weighted by Crippen LogP contribution is 2.31. The molecule has 0 radical (unpaired) electrons. The highest BCUT2D eigenvalue weighted by atomic mass is 35.5. The number of amides is 4. The standard InChI is InChI=1S/C21H23ClN4O3/c1-3-21(16-9-5-4-6-10-16)19(28)26(20(29)23-21)24-18(27)14-25(2)13-15-8-7-11-17(22)12-15/h4-12H,3,13-14H2,1-2H3,(H,23,29)(H,24,27)/p+1/t21-/m0/s1. The molecule has 2 atom stereocenters. The van der Waals surface area contributed by atoms with E-state index in [0.29, 0.717) is 23.6 Å². The van der Waals surface area contributed by atoms with E-state index in [0.717, 1.165) is 15.5 Å². The van der Waals surface area contributed by atoms with Crippen LogP contribution >= 0.6 is 11.6 Å². The van der Waals surface area contributed by atoms with Gasteiger partial charge in [0.25, 0.3) is 11.8 Å². The van der Waals surface area contributed by atoms with Crippen LogP contribution in [0.1, 0.15) is 24.5 Å². The van der Waals surface area contributed by atoms with Crippen LogP contribution in [0.5, 0.6) is 0 Å². The summed E-state index contributed by atoms with van der Waals surface area (Å²) in [7, 11) is 1.85. The number of nitrogens with zero attached hydrogens (tertiary/aromatic N) is 1. The number of nitrogens with one attached hydrogen (secondary N) is 3. The molecule has 8 heteroatoms. The van der Waals surface area contributed by atoms with E-state index in [1.807, 2.05) is 50.4 Å². The van der Waals surface area contributed by atoms with Crippen LogP contribution in [0.25, 0.3) is 0 Å². The second-order valence-electron chi connectivity index (χ2n) is 7.17. The van der Waals surface area contributed by atoms with E-state index in [2.05, 4.69) is 10.7 Å². The second-order valence-corrected chi connectivity index (χ2v) is 7.61. The van der Waals surface area contributed by atoms with Crippen molar-refractivity contribution in [2.24, 2.45) is 0 Å². The number of hydrogen-bond donors (Lipinski definition) is 3. The Morgan fingerprint density at radius 1 is 1.17 bits per heavy atom. The fourth-order valence-corrected chi connectivity index (χ4v) is 3.75. The van der Waals surface area contributed by atoms with Gasteiger partial charge in [0.2, 0.25) is 0 Å². The summed E-state index contributed by atoms with van der Waals surface area (Å²) < 4.78 is 0. The number of imide groups is 1. The van der Waals surface area contributed by atoms with Crippen molar-refractivity contribution in [3.05, 3.63) is 70.7 Å². The van der Waals surface area contributed by atoms with Gasteiger partial charge in [-0.25, -0.2) is 4.79 Å². The lowest BCUT2D eigenvalue weighted by Gasteiger charge is -2.25. The normalized spacial score (nSPS) is 19.8. The van der Waals surface area contributed by atoms with E-state index in [9.17, 15) is 14.4 Å². The largest absolute Gasteiger partial charge is 0.344 e. The monoisotopic (exact) mass is 415 g/mol. The van der Waals surface area contributed by atoms with Crippen molar-refractivity contribution < 1.29 is 19.3 Å². The number of quaternary nitrogens is 1. The first kappa shape index (κ1) is 20.8. The molecule has 7 nitrogen and oxygen atoms in total. The van der Waals surface area contributed by atoms with Crippen molar-refractivity contribution in [3.63, 3.8) is 0 Å². The number of likely N-dealkylation sites (N-methyl/N-ethyl adjacent to an activating group) is 1. The molecule has 152 valence electrons. The molecule has 1 saturated heterocycles. The number of carbonyl (C=O) groups is 3. The Balaban J connectivity index is 1.66. The maximum absolute atomic E-state index is 13.0. The van der Waals surface area contributed by atoms with Gasteiger partial charge in [0.15, 0.2) is 6.54 Å². The molecule has 1 heterocycles. The van der Waals surface area contributed by atoms with Crippen LogP contribution in [0, 0.1) is 0 Å². The van der Waals surface area contributed by atoms with E-state index in [4.69, 9.17) is 11.6 Å². The zero-order valence-corrected chi connectivity index (χ0v) is 17.1. The average molecular weight is 416 g/mol. The topological polar surface area (TPSA) is 83.0 Å². The van der Waals surface area contributed by atoms with Gasteiger partial charge in [-0.1, -0.05) is 61.0 Å². The van der Waals surface area contributed by atoms with Gasteiger partial charge in [0, 0.05) is 10.6 Å². The van der Waals surface area contributed by atoms with Gasteiger partial charge in [0.1, 0.15) is 12.1 Å². The minimum Gasteiger partial charge on any atom is -0.326 e. The van der Waals surface area contributed by atoms with Crippen LogP contribution < -0.4 is 15.6 Å². The fraction of sp³-hybridized carbons (Fsp3) is 0.286. The van der Waals surface area contributed by atoms with Gasteiger partial charge in [-0.05, 0) is 24.1 Å². The number of hydrogen-bond acceptors (Lipinski definition) is 3. The van der Waals surface area contributed by atoms with Crippen LogP contribution in [0.3, 0.4) is 0 Å². The smallest absolute Gasteiger partial charge is 0.326 e. The fourth-order valence-electron chi connectivity index (χ4n) is 3.53. The third-order valence-corrected chi connectivity index (χ3v) is 5.22. The van der Waals surface area contributed by atoms with Gasteiger partial charge in [0.05, 0.1) is 7.05 Å². The number of urea groups is 1. The van der Waals surface area contributed by atoms with E-state index in [-0.39, 0.29) is 6.54 Å². The van der Waals surface area contributed by atoms with Gasteiger partial charge in [-0.2, -0.15) is 5.01 Å². The summed E-state index contributed by atoms with van der Waals surface area (Å²) >= 11 is 5.99. The SMILES string of the molecule is CC[C@@]1(c2ccccc2)NC(=O)N(NC(=O)C[NH+](C)Cc2cccc(Cl)c2)C1=O. The molecule has 1 aliphatic rings. The zero-order valence-electron chi connectivity index (χ0n) is 16.4. The van der Waals surface area contributed by atoms with Crippen molar-refractivity contribution in [3.8, 4) is 0 Å². The minimum absolute atomic E-state index is 0.0913. The molecule has 29 heavy (non-hydrogen) atoms. The third-order valence-electron chi connectivity index (χ3n) is 4.98. The summed E-state index contributed by atoms with van der Waals surface area (Å²) in [6.45, 7) is 2.49. The molecular formula is C21H24ClN4O3+. The summed E-state index contributed by atoms with van der Waals surface area (Å²) in [6.07, 6.45) is 0.369. The average Bonchev–Trinajstić information content (AvgIpc) is 2.93. The lowest BCUT2D eigenvalue weighted by atomic mass is 9.87. The summed E-state index contributed by atoms with van der Waals surface area (Å²) in [5.74, 6) is -0.912. The molecule has 1 fully saturated rings. The molecule has 0 spiro atoms. The van der Waals surface area contributed by atoms with Crippen molar-refractivity contribution in [2.75, 3.05) is 13.6 Å². The predicted molar refractivity (Wildman–Crippen MR) is 109 cm³/mol. The molecule has 0 saturated carbocycles. The Morgan fingerprint density at radius 2 is 1.90 bits per heavy atom. The first-order chi connectivity index (χ1) is 13.9. The lowest BCUT2D eigenvalue weighted by molar-refractivity contribution is -0.885. The Labute approximate surface area is 174 Å². The van der Waals surface area contributed by atoms with Gasteiger partial charge in [-0.15, -0.1) is 0 Å². The molecule has 2 aromatic rings. The van der Waals surface area contributed by atoms with Crippen molar-refractivity contribution >= 4 is 29.4 Å². The molecule has 2 aromatic carbocycles. The van der Waals surface area contributed by atoms with Crippen LogP contribution in [0.4, 0.5) is 4.79 Å². The molecule has 0 aromatic heterocycles. The molecule has 3 rings (SSSR count). The maximum atomic E-state index is 13.0. The van der Waals surface area contributed by atoms with Crippen molar-refractivity contribution in [1.29, 1.82) is 0 Å². The number of halogens is 1. The Morgan fingerprint density at radius 3 is 2.55 bits per heavy atom. The van der Waals surface area contributed by atoms with Gasteiger partial charge in [-0.3, -0.25) is 15.0 Å². The maximum Gasteiger partial charge on any atom is 0.344 e. The Hall–Kier alpha value is -2.90. The van der Waals surface area contributed by atoms with E-state index >= 15 is 0 Å². The van der Waals surface area contributed by atoms with Gasteiger partial charge >= 0.3 is 6.03 Å². The lowest BCUT2D eigenvalue weighted by Crippen LogP contribution is -3.09. The zero-order chi connectivity index (χ0) is 21.0. The van der Waals surface area contributed by atoms with Crippen molar-refractivity contribution in [1.82, 2.24) is 15.8 Å². The van der Waals surface area contributed by atoms with Gasteiger partial charge < -0.3 is 10.2 Å². The molecule has 1 unspecified atom stereocenters. The van der Waals surface area contributed by atoms with Crippen LogP contribution in [0.15, 0.2) is 54.6 Å². The van der Waals surface area contributed by atoms with Crippen LogP contribution in [-0.2, 0) is 21.7 Å². The molecular weight excluding hydrogens is 392 g/mol. The van der Waals surface area contributed by atoms with Crippen molar-refractivity contribution in [2.45, 2.75) is 25.4 Å². The quantitative estimate of drug-likeness (QED) is 0.595. The van der Waals surface area contributed by atoms with E-state index in [1.54, 1.807) is 18.2 Å². The first-order valence-corrected chi connectivity index (χ1v) is 9.81. The number of rotatable bonds is 7. The molecule has 4 amide bonds. The molecule has 0 bridgehead atoms. The molecule has 3 N–H and O–H groups in total. The Kier molecular flexibility index (Phi) is 6.20. The summed E-state index contributed by atoms with van der Waals surface area (Å²) in [5.41, 5.74) is 2.95. The van der Waals surface area contributed by atoms with Crippen LogP contribution in [-0.4, -0.2) is 36.4 Å². The Bertz CT molecular complexity index is 921.